The molecule has 7 atom stereocenters. The van der Waals surface area contributed by atoms with Crippen molar-refractivity contribution >= 4 is 17.7 Å². The molecule has 8 heteroatoms. The third-order valence-corrected chi connectivity index (χ3v) is 7.34. The highest BCUT2D eigenvalue weighted by Crippen LogP contribution is 2.59. The van der Waals surface area contributed by atoms with Crippen LogP contribution < -0.4 is 10.6 Å². The zero-order valence-electron chi connectivity index (χ0n) is 18.9. The molecule has 0 radical (unpaired) electrons. The number of aliphatic hydroxyl groups excluding tert-OH is 1. The number of carbonyl (C=O) groups is 3. The number of nitrogens with zero attached hydrogens (tertiary/aromatic N) is 1. The first-order chi connectivity index (χ1) is 15.4. The van der Waals surface area contributed by atoms with E-state index in [4.69, 9.17) is 4.74 Å². The van der Waals surface area contributed by atoms with Crippen LogP contribution in [0.5, 0.6) is 0 Å². The molecule has 1 aromatic carbocycles. The SMILES string of the molecule is CCCC(C)NC(=O)C1N([C@H](CO)c2ccccc2)C(=O)[C@@H]2[C@@H](C(=O)NC)[C@H]3CCC12O3. The number of nitrogens with one attached hydrogen (secondary N) is 2. The molecule has 2 bridgehead atoms. The minimum Gasteiger partial charge on any atom is -0.394 e. The van der Waals surface area contributed by atoms with Gasteiger partial charge in [0.2, 0.25) is 17.7 Å². The van der Waals surface area contributed by atoms with E-state index in [9.17, 15) is 19.5 Å². The summed E-state index contributed by atoms with van der Waals surface area (Å²) >= 11 is 0. The van der Waals surface area contributed by atoms with Gasteiger partial charge in [0.05, 0.1) is 30.6 Å². The van der Waals surface area contributed by atoms with Crippen LogP contribution in [0.15, 0.2) is 30.3 Å². The predicted molar refractivity (Wildman–Crippen MR) is 117 cm³/mol. The molecule has 8 nitrogen and oxygen atoms in total. The second kappa shape index (κ2) is 8.83. The Morgan fingerprint density at radius 2 is 2.00 bits per heavy atom. The zero-order valence-corrected chi connectivity index (χ0v) is 18.9. The van der Waals surface area contributed by atoms with Gasteiger partial charge in [-0.2, -0.15) is 0 Å². The summed E-state index contributed by atoms with van der Waals surface area (Å²) in [5.41, 5.74) is -0.317. The molecule has 3 aliphatic rings. The number of carbonyl (C=O) groups excluding carboxylic acids is 3. The van der Waals surface area contributed by atoms with Crippen LogP contribution in [-0.4, -0.2) is 65.2 Å². The third kappa shape index (κ3) is 3.40. The highest BCUT2D eigenvalue weighted by atomic mass is 16.5. The van der Waals surface area contributed by atoms with Gasteiger partial charge in [0, 0.05) is 13.1 Å². The number of benzene rings is 1. The third-order valence-electron chi connectivity index (χ3n) is 7.34. The fourth-order valence-corrected chi connectivity index (χ4v) is 6.05. The molecule has 3 fully saturated rings. The first kappa shape index (κ1) is 22.7. The standard InChI is InChI=1S/C24H33N3O5/c1-4-8-14(2)26-22(30)20-24-12-11-17(32-24)18(21(29)25-3)19(24)23(31)27(20)16(13-28)15-9-6-5-7-10-15/h5-7,9-10,14,16-20,28H,4,8,11-13H2,1-3H3,(H,25,29)(H,26,30)/t14?,16-,17-,18+,19+,20?,24?/m1/s1. The van der Waals surface area contributed by atoms with Gasteiger partial charge >= 0.3 is 0 Å². The van der Waals surface area contributed by atoms with Crippen molar-refractivity contribution in [2.24, 2.45) is 11.8 Å². The molecule has 0 saturated carbocycles. The lowest BCUT2D eigenvalue weighted by molar-refractivity contribution is -0.146. The van der Waals surface area contributed by atoms with Crippen molar-refractivity contribution in [2.75, 3.05) is 13.7 Å². The van der Waals surface area contributed by atoms with Gasteiger partial charge in [-0.3, -0.25) is 14.4 Å². The van der Waals surface area contributed by atoms with Crippen molar-refractivity contribution in [3.8, 4) is 0 Å². The van der Waals surface area contributed by atoms with E-state index in [0.717, 1.165) is 18.4 Å². The normalized spacial score (nSPS) is 32.5. The highest BCUT2D eigenvalue weighted by molar-refractivity contribution is 5.99. The first-order valence-electron chi connectivity index (χ1n) is 11.6. The van der Waals surface area contributed by atoms with Gasteiger partial charge in [0.15, 0.2) is 0 Å². The number of hydrogen-bond donors (Lipinski definition) is 3. The van der Waals surface area contributed by atoms with Gasteiger partial charge in [-0.15, -0.1) is 0 Å². The molecular formula is C24H33N3O5. The first-order valence-corrected chi connectivity index (χ1v) is 11.6. The molecule has 1 spiro atoms. The quantitative estimate of drug-likeness (QED) is 0.559. The largest absolute Gasteiger partial charge is 0.394 e. The van der Waals surface area contributed by atoms with E-state index in [1.165, 1.54) is 4.90 Å². The fraction of sp³-hybridized carbons (Fsp3) is 0.625. The smallest absolute Gasteiger partial charge is 0.246 e. The Hall–Kier alpha value is -2.45. The van der Waals surface area contributed by atoms with Crippen LogP contribution in [0, 0.1) is 11.8 Å². The lowest BCUT2D eigenvalue weighted by Crippen LogP contribution is -2.57. The Morgan fingerprint density at radius 1 is 1.28 bits per heavy atom. The Bertz CT molecular complexity index is 878. The number of rotatable bonds is 8. The maximum absolute atomic E-state index is 13.9. The van der Waals surface area contributed by atoms with Gasteiger partial charge in [0.25, 0.3) is 0 Å². The molecule has 0 aliphatic carbocycles. The molecule has 4 rings (SSSR count). The molecule has 3 N–H and O–H groups in total. The molecule has 3 amide bonds. The molecule has 3 saturated heterocycles. The Labute approximate surface area is 188 Å². The summed E-state index contributed by atoms with van der Waals surface area (Å²) in [4.78, 5) is 41.7. The minimum atomic E-state index is -1.06. The average molecular weight is 444 g/mol. The summed E-state index contributed by atoms with van der Waals surface area (Å²) in [7, 11) is 1.55. The Balaban J connectivity index is 1.78. The summed E-state index contributed by atoms with van der Waals surface area (Å²) in [6.07, 6.45) is 2.52. The van der Waals surface area contributed by atoms with E-state index in [1.807, 2.05) is 37.3 Å². The summed E-state index contributed by atoms with van der Waals surface area (Å²) in [5.74, 6) is -2.20. The van der Waals surface area contributed by atoms with Crippen LogP contribution >= 0.6 is 0 Å². The topological polar surface area (TPSA) is 108 Å². The summed E-state index contributed by atoms with van der Waals surface area (Å²) in [6.45, 7) is 3.66. The van der Waals surface area contributed by atoms with Crippen molar-refractivity contribution in [3.63, 3.8) is 0 Å². The van der Waals surface area contributed by atoms with E-state index in [0.29, 0.717) is 12.8 Å². The molecule has 3 unspecified atom stereocenters. The van der Waals surface area contributed by atoms with Gasteiger partial charge in [-0.05, 0) is 31.7 Å². The Kier molecular flexibility index (Phi) is 6.27. The minimum absolute atomic E-state index is 0.0578. The van der Waals surface area contributed by atoms with Crippen LogP contribution in [0.2, 0.25) is 0 Å². The number of likely N-dealkylation sites (tertiary alicyclic amines) is 1. The molecule has 1 aromatic rings. The number of hydrogen-bond acceptors (Lipinski definition) is 5. The van der Waals surface area contributed by atoms with Gasteiger partial charge < -0.3 is 25.4 Å². The van der Waals surface area contributed by atoms with Crippen LogP contribution in [0.4, 0.5) is 0 Å². The maximum Gasteiger partial charge on any atom is 0.246 e. The van der Waals surface area contributed by atoms with Crippen molar-refractivity contribution in [2.45, 2.75) is 69.4 Å². The molecular weight excluding hydrogens is 410 g/mol. The molecule has 32 heavy (non-hydrogen) atoms. The number of amides is 3. The lowest BCUT2D eigenvalue weighted by Gasteiger charge is -2.37. The van der Waals surface area contributed by atoms with E-state index in [2.05, 4.69) is 17.6 Å². The summed E-state index contributed by atoms with van der Waals surface area (Å²) in [6, 6.07) is 7.55. The van der Waals surface area contributed by atoms with Crippen LogP contribution in [0.3, 0.4) is 0 Å². The van der Waals surface area contributed by atoms with Crippen molar-refractivity contribution in [1.82, 2.24) is 15.5 Å². The van der Waals surface area contributed by atoms with Gasteiger partial charge in [0.1, 0.15) is 11.6 Å². The number of ether oxygens (including phenoxy) is 1. The van der Waals surface area contributed by atoms with Crippen molar-refractivity contribution < 1.29 is 24.2 Å². The second-order valence-electron chi connectivity index (χ2n) is 9.22. The van der Waals surface area contributed by atoms with Crippen LogP contribution in [0.25, 0.3) is 0 Å². The zero-order chi connectivity index (χ0) is 23.0. The second-order valence-corrected chi connectivity index (χ2v) is 9.22. The van der Waals surface area contributed by atoms with E-state index < -0.39 is 29.5 Å². The monoisotopic (exact) mass is 443 g/mol. The highest BCUT2D eigenvalue weighted by Gasteiger charge is 2.75. The van der Waals surface area contributed by atoms with E-state index in [1.54, 1.807) is 7.05 Å². The summed E-state index contributed by atoms with van der Waals surface area (Å²) < 4.78 is 6.36. The maximum atomic E-state index is 13.9. The number of fused-ring (bicyclic) bond motifs is 1. The fourth-order valence-electron chi connectivity index (χ4n) is 6.05. The Morgan fingerprint density at radius 3 is 2.62 bits per heavy atom. The summed E-state index contributed by atoms with van der Waals surface area (Å²) in [5, 5.41) is 16.1. The lowest BCUT2D eigenvalue weighted by atomic mass is 9.70. The predicted octanol–water partition coefficient (Wildman–Crippen LogP) is 1.15. The molecule has 3 aliphatic heterocycles. The van der Waals surface area contributed by atoms with Crippen molar-refractivity contribution in [1.29, 1.82) is 0 Å². The number of aliphatic hydroxyl groups is 1. The molecule has 3 heterocycles. The van der Waals surface area contributed by atoms with Gasteiger partial charge in [-0.1, -0.05) is 43.7 Å². The van der Waals surface area contributed by atoms with E-state index >= 15 is 0 Å². The van der Waals surface area contributed by atoms with E-state index in [-0.39, 0.29) is 36.5 Å². The van der Waals surface area contributed by atoms with Crippen molar-refractivity contribution in [3.05, 3.63) is 35.9 Å². The van der Waals surface area contributed by atoms with Crippen LogP contribution in [-0.2, 0) is 19.1 Å². The average Bonchev–Trinajstić information content (AvgIpc) is 3.42. The van der Waals surface area contributed by atoms with Gasteiger partial charge in [-0.25, -0.2) is 0 Å². The molecule has 174 valence electrons. The molecule has 0 aromatic heterocycles. The van der Waals surface area contributed by atoms with Crippen LogP contribution in [0.1, 0.15) is 51.1 Å².